The molecule has 4 heteroatoms. The fraction of sp³-hybridized carbons (Fsp3) is 0.250. The maximum Gasteiger partial charge on any atom is 0.0955 e. The topological polar surface area (TPSA) is 27.6 Å². The van der Waals surface area contributed by atoms with Crippen LogP contribution in [0.1, 0.15) is 29.5 Å². The number of benzene rings is 3. The molecule has 0 radical (unpaired) electrons. The van der Waals surface area contributed by atoms with Crippen LogP contribution in [-0.4, -0.2) is 19.8 Å². The van der Waals surface area contributed by atoms with Gasteiger partial charge in [-0.1, -0.05) is 60.7 Å². The molecule has 1 saturated heterocycles. The first-order valence-electron chi connectivity index (χ1n) is 11.2. The highest BCUT2D eigenvalue weighted by Gasteiger charge is 2.22. The molecule has 164 valence electrons. The summed E-state index contributed by atoms with van der Waals surface area (Å²) in [6.07, 6.45) is 5.48. The van der Waals surface area contributed by atoms with Gasteiger partial charge in [0.15, 0.2) is 0 Å². The van der Waals surface area contributed by atoms with Crippen molar-refractivity contribution in [3.05, 3.63) is 90.0 Å². The van der Waals surface area contributed by atoms with Gasteiger partial charge < -0.3 is 9.62 Å². The minimum atomic E-state index is 0.740. The quantitative estimate of drug-likeness (QED) is 0.289. The van der Waals surface area contributed by atoms with E-state index in [0.717, 1.165) is 40.8 Å². The lowest BCUT2D eigenvalue weighted by molar-refractivity contribution is 0.403. The van der Waals surface area contributed by atoms with E-state index in [1.165, 1.54) is 36.1 Å². The molecular formula is C28H31N3S. The molecule has 0 bridgehead atoms. The monoisotopic (exact) mass is 441 g/mol. The van der Waals surface area contributed by atoms with Crippen LogP contribution in [0, 0.1) is 12.8 Å². The first-order valence-corrected chi connectivity index (χ1v) is 12.0. The molecule has 0 saturated carbocycles. The van der Waals surface area contributed by atoms with Gasteiger partial charge in [0, 0.05) is 29.2 Å². The largest absolute Gasteiger partial charge is 0.371 e. The zero-order valence-corrected chi connectivity index (χ0v) is 19.6. The van der Waals surface area contributed by atoms with Crippen molar-refractivity contribution in [2.45, 2.75) is 31.1 Å². The molecular weight excluding hydrogens is 410 g/mol. The maximum absolute atomic E-state index is 4.37. The second-order valence-electron chi connectivity index (χ2n) is 8.39. The van der Waals surface area contributed by atoms with E-state index >= 15 is 0 Å². The lowest BCUT2D eigenvalue weighted by atomic mass is 9.89. The molecule has 1 aliphatic heterocycles. The molecule has 0 aromatic heterocycles. The Balaban J connectivity index is 1.45. The predicted octanol–water partition coefficient (Wildman–Crippen LogP) is 7.55. The average molecular weight is 442 g/mol. The Morgan fingerprint density at radius 1 is 1.03 bits per heavy atom. The number of aliphatic imine (C=N–C) groups is 1. The normalized spacial score (nSPS) is 14.2. The van der Waals surface area contributed by atoms with E-state index in [9.17, 15) is 0 Å². The van der Waals surface area contributed by atoms with Gasteiger partial charge in [0.05, 0.1) is 11.4 Å². The molecule has 0 amide bonds. The molecule has 32 heavy (non-hydrogen) atoms. The Morgan fingerprint density at radius 2 is 1.75 bits per heavy atom. The average Bonchev–Trinajstić information content (AvgIpc) is 2.84. The van der Waals surface area contributed by atoms with Crippen LogP contribution in [0.25, 0.3) is 6.08 Å². The van der Waals surface area contributed by atoms with Gasteiger partial charge in [-0.3, -0.25) is 4.99 Å². The van der Waals surface area contributed by atoms with Crippen LogP contribution in [0.2, 0.25) is 0 Å². The Labute approximate surface area is 196 Å². The summed E-state index contributed by atoms with van der Waals surface area (Å²) in [6, 6.07) is 23.6. The van der Waals surface area contributed by atoms with Gasteiger partial charge in [0.25, 0.3) is 0 Å². The summed E-state index contributed by atoms with van der Waals surface area (Å²) in [5.41, 5.74) is 6.78. The minimum absolute atomic E-state index is 0.740. The van der Waals surface area contributed by atoms with E-state index in [-0.39, 0.29) is 0 Å². The van der Waals surface area contributed by atoms with Crippen molar-refractivity contribution in [1.82, 2.24) is 0 Å². The van der Waals surface area contributed by atoms with Gasteiger partial charge in [-0.2, -0.15) is 0 Å². The predicted molar refractivity (Wildman–Crippen MR) is 141 cm³/mol. The molecule has 4 rings (SSSR count). The number of rotatable bonds is 8. The highest BCUT2D eigenvalue weighted by molar-refractivity contribution is 8.00. The lowest BCUT2D eigenvalue weighted by Crippen LogP contribution is -2.34. The SMILES string of the molecule is C=Cc1c(N2CCC(Cc3ccccc3)CC2)ccc(NSc2ccc(C)cc2)c1N=C. The molecule has 0 aliphatic carbocycles. The van der Waals surface area contributed by atoms with Crippen molar-refractivity contribution in [2.24, 2.45) is 10.9 Å². The van der Waals surface area contributed by atoms with Gasteiger partial charge in [-0.25, -0.2) is 0 Å². The summed E-state index contributed by atoms with van der Waals surface area (Å²) >= 11 is 1.59. The van der Waals surface area contributed by atoms with Crippen molar-refractivity contribution >= 4 is 41.8 Å². The van der Waals surface area contributed by atoms with Crippen molar-refractivity contribution in [3.63, 3.8) is 0 Å². The summed E-state index contributed by atoms with van der Waals surface area (Å²) in [6.45, 7) is 12.1. The molecule has 1 aliphatic rings. The maximum atomic E-state index is 4.37. The highest BCUT2D eigenvalue weighted by Crippen LogP contribution is 2.40. The third-order valence-corrected chi connectivity index (χ3v) is 7.01. The Kier molecular flexibility index (Phi) is 7.33. The molecule has 3 nitrogen and oxygen atoms in total. The van der Waals surface area contributed by atoms with Crippen LogP contribution in [0.5, 0.6) is 0 Å². The molecule has 3 aromatic carbocycles. The van der Waals surface area contributed by atoms with Crippen LogP contribution in [0.3, 0.4) is 0 Å². The summed E-state index contributed by atoms with van der Waals surface area (Å²) in [5, 5.41) is 0. The van der Waals surface area contributed by atoms with Gasteiger partial charge >= 0.3 is 0 Å². The Bertz CT molecular complexity index is 1050. The minimum Gasteiger partial charge on any atom is -0.371 e. The van der Waals surface area contributed by atoms with Gasteiger partial charge in [0.2, 0.25) is 0 Å². The molecule has 0 atom stereocenters. The molecule has 0 spiro atoms. The van der Waals surface area contributed by atoms with Gasteiger partial charge in [-0.15, -0.1) is 0 Å². The van der Waals surface area contributed by atoms with Crippen molar-refractivity contribution in [3.8, 4) is 0 Å². The van der Waals surface area contributed by atoms with Crippen LogP contribution in [0.4, 0.5) is 17.1 Å². The van der Waals surface area contributed by atoms with Crippen molar-refractivity contribution in [2.75, 3.05) is 22.7 Å². The van der Waals surface area contributed by atoms with Crippen molar-refractivity contribution < 1.29 is 0 Å². The van der Waals surface area contributed by atoms with Gasteiger partial charge in [0.1, 0.15) is 0 Å². The first-order chi connectivity index (χ1) is 15.7. The number of hydrogen-bond donors (Lipinski definition) is 1. The molecule has 3 aromatic rings. The Morgan fingerprint density at radius 3 is 2.41 bits per heavy atom. The van der Waals surface area contributed by atoms with E-state index < -0.39 is 0 Å². The second kappa shape index (κ2) is 10.6. The number of nitrogens with one attached hydrogen (secondary N) is 1. The standard InChI is InChI=1S/C28H31N3S/c1-4-25-27(31-18-16-23(17-19-31)20-22-8-6-5-7-9-22)15-14-26(28(25)29-3)30-32-24-12-10-21(2)11-13-24/h4-15,23,30H,1,3,16-20H2,2H3. The molecule has 0 unspecified atom stereocenters. The molecule has 1 fully saturated rings. The second-order valence-corrected chi connectivity index (χ2v) is 9.27. The molecule has 1 heterocycles. The van der Waals surface area contributed by atoms with E-state index in [1.54, 1.807) is 11.9 Å². The van der Waals surface area contributed by atoms with Crippen LogP contribution >= 0.6 is 11.9 Å². The summed E-state index contributed by atoms with van der Waals surface area (Å²) in [7, 11) is 0. The Hall–Kier alpha value is -2.98. The van der Waals surface area contributed by atoms with E-state index in [2.05, 4.69) is 102 Å². The third-order valence-electron chi connectivity index (χ3n) is 6.18. The number of nitrogens with zero attached hydrogens (tertiary/aromatic N) is 2. The van der Waals surface area contributed by atoms with Crippen LogP contribution in [-0.2, 0) is 6.42 Å². The lowest BCUT2D eigenvalue weighted by Gasteiger charge is -2.35. The van der Waals surface area contributed by atoms with E-state index in [0.29, 0.717) is 0 Å². The van der Waals surface area contributed by atoms with E-state index in [4.69, 9.17) is 0 Å². The zero-order chi connectivity index (χ0) is 22.3. The van der Waals surface area contributed by atoms with Gasteiger partial charge in [-0.05, 0) is 80.6 Å². The number of piperidine rings is 1. The zero-order valence-electron chi connectivity index (χ0n) is 18.8. The first kappa shape index (κ1) is 22.2. The summed E-state index contributed by atoms with van der Waals surface area (Å²) in [4.78, 5) is 8.01. The third kappa shape index (κ3) is 5.25. The fourth-order valence-corrected chi connectivity index (χ4v) is 5.04. The molecule has 1 N–H and O–H groups in total. The fourth-order valence-electron chi connectivity index (χ4n) is 4.37. The summed E-state index contributed by atoms with van der Waals surface area (Å²) < 4.78 is 3.46. The smallest absolute Gasteiger partial charge is 0.0955 e. The highest BCUT2D eigenvalue weighted by atomic mass is 32.2. The van der Waals surface area contributed by atoms with Crippen LogP contribution < -0.4 is 9.62 Å². The van der Waals surface area contributed by atoms with Crippen LogP contribution in [0.15, 0.2) is 83.2 Å². The number of anilines is 2. The van der Waals surface area contributed by atoms with E-state index in [1.807, 2.05) is 6.08 Å². The number of hydrogen-bond acceptors (Lipinski definition) is 4. The number of aryl methyl sites for hydroxylation is 1. The van der Waals surface area contributed by atoms with Crippen molar-refractivity contribution in [1.29, 1.82) is 0 Å². The summed E-state index contributed by atoms with van der Waals surface area (Å²) in [5.74, 6) is 0.740.